The fourth-order valence-corrected chi connectivity index (χ4v) is 4.37. The van der Waals surface area contributed by atoms with E-state index >= 15 is 0 Å². The molecule has 2 heterocycles. The maximum absolute atomic E-state index is 12.9. The molecule has 0 radical (unpaired) electrons. The quantitative estimate of drug-likeness (QED) is 0.538. The maximum Gasteiger partial charge on any atom is 0.271 e. The first kappa shape index (κ1) is 19.1. The molecular formula is C23H21N3O2S. The standard InChI is InChI=1S/C23H21N3O2S/c1-14-4-6-17(7-5-14)19-12-29-22-21(19)24-13-26(23(22)28)11-20(27)25-18-9-15(2)8-16(3)10-18/h4-10,12-13H,11H2,1-3H3,(H,25,27). The van der Waals surface area contributed by atoms with Crippen molar-refractivity contribution < 1.29 is 4.79 Å². The van der Waals surface area contributed by atoms with Crippen LogP contribution in [0.4, 0.5) is 5.69 Å². The Morgan fingerprint density at radius 3 is 2.41 bits per heavy atom. The lowest BCUT2D eigenvalue weighted by Crippen LogP contribution is -2.27. The normalized spacial score (nSPS) is 11.0. The number of nitrogens with one attached hydrogen (secondary N) is 1. The maximum atomic E-state index is 12.9. The predicted octanol–water partition coefficient (Wildman–Crippen LogP) is 4.69. The van der Waals surface area contributed by atoms with E-state index in [0.717, 1.165) is 27.9 Å². The third kappa shape index (κ3) is 3.98. The smallest absolute Gasteiger partial charge is 0.271 e. The van der Waals surface area contributed by atoms with Crippen LogP contribution in [0.2, 0.25) is 0 Å². The van der Waals surface area contributed by atoms with Gasteiger partial charge in [-0.25, -0.2) is 4.98 Å². The van der Waals surface area contributed by atoms with Gasteiger partial charge in [0.25, 0.3) is 5.56 Å². The Labute approximate surface area is 172 Å². The number of hydrogen-bond acceptors (Lipinski definition) is 4. The molecule has 0 aliphatic heterocycles. The SMILES string of the molecule is Cc1ccc(-c2csc3c(=O)n(CC(=O)Nc4cc(C)cc(C)c4)cnc23)cc1. The van der Waals surface area contributed by atoms with E-state index in [4.69, 9.17) is 0 Å². The van der Waals surface area contributed by atoms with Crippen molar-refractivity contribution in [1.82, 2.24) is 9.55 Å². The minimum absolute atomic E-state index is 0.0769. The number of amides is 1. The molecule has 1 amide bonds. The molecule has 0 atom stereocenters. The molecule has 1 N–H and O–H groups in total. The highest BCUT2D eigenvalue weighted by atomic mass is 32.1. The van der Waals surface area contributed by atoms with Crippen molar-refractivity contribution in [3.8, 4) is 11.1 Å². The number of fused-ring (bicyclic) bond motifs is 1. The van der Waals surface area contributed by atoms with Gasteiger partial charge in [0.2, 0.25) is 5.91 Å². The van der Waals surface area contributed by atoms with Crippen LogP contribution in [0.5, 0.6) is 0 Å². The zero-order valence-corrected chi connectivity index (χ0v) is 17.3. The predicted molar refractivity (Wildman–Crippen MR) is 119 cm³/mol. The van der Waals surface area contributed by atoms with Crippen LogP contribution < -0.4 is 10.9 Å². The molecule has 0 fully saturated rings. The first-order valence-corrected chi connectivity index (χ1v) is 10.2. The van der Waals surface area contributed by atoms with E-state index in [-0.39, 0.29) is 18.0 Å². The third-order valence-electron chi connectivity index (χ3n) is 4.73. The zero-order valence-electron chi connectivity index (χ0n) is 16.5. The fourth-order valence-electron chi connectivity index (χ4n) is 3.39. The molecule has 0 aliphatic carbocycles. The van der Waals surface area contributed by atoms with Gasteiger partial charge in [-0.05, 0) is 49.6 Å². The second-order valence-corrected chi connectivity index (χ2v) is 8.17. The topological polar surface area (TPSA) is 64.0 Å². The second-order valence-electron chi connectivity index (χ2n) is 7.30. The van der Waals surface area contributed by atoms with E-state index in [1.165, 1.54) is 27.8 Å². The average molecular weight is 404 g/mol. The summed E-state index contributed by atoms with van der Waals surface area (Å²) in [5.41, 5.74) is 6.49. The van der Waals surface area contributed by atoms with E-state index in [1.807, 2.05) is 68.6 Å². The summed E-state index contributed by atoms with van der Waals surface area (Å²) in [5.74, 6) is -0.256. The van der Waals surface area contributed by atoms with Gasteiger partial charge in [0.15, 0.2) is 0 Å². The molecule has 29 heavy (non-hydrogen) atoms. The summed E-state index contributed by atoms with van der Waals surface area (Å²) in [7, 11) is 0. The number of hydrogen-bond donors (Lipinski definition) is 1. The zero-order chi connectivity index (χ0) is 20.5. The van der Waals surface area contributed by atoms with Gasteiger partial charge in [0, 0.05) is 16.6 Å². The molecular weight excluding hydrogens is 382 g/mol. The lowest BCUT2D eigenvalue weighted by molar-refractivity contribution is -0.116. The molecule has 4 aromatic rings. The lowest BCUT2D eigenvalue weighted by atomic mass is 10.1. The molecule has 0 saturated carbocycles. The Balaban J connectivity index is 1.60. The van der Waals surface area contributed by atoms with Gasteiger partial charge in [-0.15, -0.1) is 11.3 Å². The Morgan fingerprint density at radius 2 is 1.72 bits per heavy atom. The summed E-state index contributed by atoms with van der Waals surface area (Å²) >= 11 is 1.36. The van der Waals surface area contributed by atoms with Crippen molar-refractivity contribution in [1.29, 1.82) is 0 Å². The monoisotopic (exact) mass is 403 g/mol. The average Bonchev–Trinajstić information content (AvgIpc) is 3.08. The number of anilines is 1. The van der Waals surface area contributed by atoms with E-state index in [1.54, 1.807) is 0 Å². The van der Waals surface area contributed by atoms with E-state index in [2.05, 4.69) is 10.3 Å². The fraction of sp³-hybridized carbons (Fsp3) is 0.174. The van der Waals surface area contributed by atoms with Crippen LogP contribution in [0.1, 0.15) is 16.7 Å². The summed E-state index contributed by atoms with van der Waals surface area (Å²) in [6.07, 6.45) is 1.45. The van der Waals surface area contributed by atoms with Crippen molar-refractivity contribution >= 4 is 33.1 Å². The Kier molecular flexibility index (Phi) is 5.03. The summed E-state index contributed by atoms with van der Waals surface area (Å²) in [4.78, 5) is 29.8. The van der Waals surface area contributed by atoms with Crippen LogP contribution in [0, 0.1) is 20.8 Å². The lowest BCUT2D eigenvalue weighted by Gasteiger charge is -2.09. The van der Waals surface area contributed by atoms with Gasteiger partial charge in [-0.1, -0.05) is 35.9 Å². The summed E-state index contributed by atoms with van der Waals surface area (Å²) < 4.78 is 1.91. The second kappa shape index (κ2) is 7.64. The van der Waals surface area contributed by atoms with Gasteiger partial charge in [0.05, 0.1) is 11.8 Å². The Morgan fingerprint density at radius 1 is 1.03 bits per heavy atom. The highest BCUT2D eigenvalue weighted by Crippen LogP contribution is 2.30. The molecule has 2 aromatic carbocycles. The molecule has 4 rings (SSSR count). The Hall–Kier alpha value is -3.25. The summed E-state index contributed by atoms with van der Waals surface area (Å²) in [6, 6.07) is 14.0. The molecule has 0 aliphatic rings. The van der Waals surface area contributed by atoms with Crippen molar-refractivity contribution in [2.24, 2.45) is 0 Å². The summed E-state index contributed by atoms with van der Waals surface area (Å²) in [6.45, 7) is 5.92. The minimum Gasteiger partial charge on any atom is -0.325 e. The van der Waals surface area contributed by atoms with Gasteiger partial charge < -0.3 is 5.32 Å². The van der Waals surface area contributed by atoms with Crippen LogP contribution in [0.3, 0.4) is 0 Å². The molecule has 5 nitrogen and oxygen atoms in total. The highest BCUT2D eigenvalue weighted by molar-refractivity contribution is 7.17. The molecule has 146 valence electrons. The number of thiophene rings is 1. The number of aromatic nitrogens is 2. The van der Waals surface area contributed by atoms with Gasteiger partial charge in [-0.3, -0.25) is 14.2 Å². The van der Waals surface area contributed by atoms with Gasteiger partial charge in [-0.2, -0.15) is 0 Å². The molecule has 0 bridgehead atoms. The van der Waals surface area contributed by atoms with E-state index in [9.17, 15) is 9.59 Å². The van der Waals surface area contributed by atoms with Gasteiger partial charge >= 0.3 is 0 Å². The molecule has 0 saturated heterocycles. The molecule has 2 aromatic heterocycles. The highest BCUT2D eigenvalue weighted by Gasteiger charge is 2.14. The Bertz CT molecular complexity index is 1250. The first-order valence-electron chi connectivity index (χ1n) is 9.32. The van der Waals surface area contributed by atoms with Crippen LogP contribution >= 0.6 is 11.3 Å². The number of benzene rings is 2. The minimum atomic E-state index is -0.256. The van der Waals surface area contributed by atoms with Crippen LogP contribution in [-0.2, 0) is 11.3 Å². The number of aryl methyl sites for hydroxylation is 3. The number of carbonyl (C=O) groups excluding carboxylic acids is 1. The van der Waals surface area contributed by atoms with Crippen LogP contribution in [-0.4, -0.2) is 15.5 Å². The van der Waals surface area contributed by atoms with E-state index in [0.29, 0.717) is 10.2 Å². The van der Waals surface area contributed by atoms with Crippen molar-refractivity contribution in [2.45, 2.75) is 27.3 Å². The molecule has 0 unspecified atom stereocenters. The first-order chi connectivity index (χ1) is 13.9. The van der Waals surface area contributed by atoms with E-state index < -0.39 is 0 Å². The van der Waals surface area contributed by atoms with Gasteiger partial charge in [0.1, 0.15) is 11.2 Å². The van der Waals surface area contributed by atoms with Crippen molar-refractivity contribution in [2.75, 3.05) is 5.32 Å². The van der Waals surface area contributed by atoms with Crippen LogP contribution in [0.25, 0.3) is 21.3 Å². The van der Waals surface area contributed by atoms with Crippen molar-refractivity contribution in [3.05, 3.63) is 81.2 Å². The summed E-state index contributed by atoms with van der Waals surface area (Å²) in [5, 5.41) is 4.81. The number of carbonyl (C=O) groups is 1. The molecule has 0 spiro atoms. The van der Waals surface area contributed by atoms with Crippen LogP contribution in [0.15, 0.2) is 59.0 Å². The largest absolute Gasteiger partial charge is 0.325 e. The van der Waals surface area contributed by atoms with Crippen molar-refractivity contribution in [3.63, 3.8) is 0 Å². The molecule has 6 heteroatoms. The third-order valence-corrected chi connectivity index (χ3v) is 5.69. The number of rotatable bonds is 4. The number of nitrogens with zero attached hydrogens (tertiary/aromatic N) is 2.